The van der Waals surface area contributed by atoms with Crippen molar-refractivity contribution in [2.75, 3.05) is 13.1 Å². The smallest absolute Gasteiger partial charge is 0.247 e. The SMILES string of the molecule is CCCC[C@H](NC(C)=O)C(=O)N[C@H]1CCC(=O)NC[C@@H](C(=O)N[C@@H](Cc2c[nH]c3ccccc23)C(N)=O)NC(=O)[C@H](CCCNC(=N)N)NC(=O)C(c2ccccc2)NC(=O)[C@H](Cc2c[nH]cn2)NC1=O. The molecule has 71 heavy (non-hydrogen) atoms. The third kappa shape index (κ3) is 16.4. The normalized spacial score (nSPS) is 20.3. The van der Waals surface area contributed by atoms with Crippen LogP contribution in [0.15, 0.2) is 73.3 Å². The van der Waals surface area contributed by atoms with Crippen LogP contribution in [0.4, 0.5) is 0 Å². The second-order valence-electron chi connectivity index (χ2n) is 17.1. The van der Waals surface area contributed by atoms with E-state index in [-0.39, 0.29) is 56.6 Å². The Morgan fingerprint density at radius 3 is 2.24 bits per heavy atom. The molecule has 5 rings (SSSR count). The first-order valence-corrected chi connectivity index (χ1v) is 23.3. The van der Waals surface area contributed by atoms with Crippen LogP contribution in [0.1, 0.15) is 81.7 Å². The highest BCUT2D eigenvalue weighted by Crippen LogP contribution is 2.20. The lowest BCUT2D eigenvalue weighted by Crippen LogP contribution is -2.60. The molecule has 9 amide bonds. The zero-order valence-electron chi connectivity index (χ0n) is 39.5. The molecule has 4 aromatic rings. The molecule has 1 unspecified atom stereocenters. The molecular formula is C47H63N15O9. The zero-order chi connectivity index (χ0) is 51.5. The summed E-state index contributed by atoms with van der Waals surface area (Å²) in [7, 11) is 0. The van der Waals surface area contributed by atoms with Gasteiger partial charge in [0.15, 0.2) is 5.96 Å². The Kier molecular flexibility index (Phi) is 20.0. The number of primary amides is 1. The largest absolute Gasteiger partial charge is 0.370 e. The fourth-order valence-electron chi connectivity index (χ4n) is 7.88. The van der Waals surface area contributed by atoms with Crippen molar-refractivity contribution < 1.29 is 43.2 Å². The van der Waals surface area contributed by atoms with E-state index < -0.39 is 108 Å². The van der Waals surface area contributed by atoms with Crippen molar-refractivity contribution in [3.63, 3.8) is 0 Å². The molecule has 1 saturated heterocycles. The van der Waals surface area contributed by atoms with Gasteiger partial charge in [0.2, 0.25) is 53.2 Å². The lowest BCUT2D eigenvalue weighted by atomic mass is 10.0. The van der Waals surface area contributed by atoms with E-state index in [1.807, 2.05) is 25.1 Å². The van der Waals surface area contributed by atoms with E-state index in [1.165, 1.54) is 19.4 Å². The summed E-state index contributed by atoms with van der Waals surface area (Å²) in [6.07, 6.45) is 5.00. The second-order valence-corrected chi connectivity index (χ2v) is 17.1. The summed E-state index contributed by atoms with van der Waals surface area (Å²) in [5, 5.41) is 32.0. The van der Waals surface area contributed by atoms with Gasteiger partial charge < -0.3 is 69.3 Å². The van der Waals surface area contributed by atoms with Gasteiger partial charge in [-0.05, 0) is 42.9 Å². The Morgan fingerprint density at radius 1 is 0.831 bits per heavy atom. The number of nitrogens with two attached hydrogens (primary N) is 2. The minimum absolute atomic E-state index is 0.0501. The Balaban J connectivity index is 1.52. The van der Waals surface area contributed by atoms with E-state index in [1.54, 1.807) is 42.6 Å². The Morgan fingerprint density at radius 2 is 1.55 bits per heavy atom. The van der Waals surface area contributed by atoms with Crippen molar-refractivity contribution >= 4 is 70.0 Å². The number of aromatic nitrogens is 3. The Labute approximate surface area is 409 Å². The Hall–Kier alpha value is -8.31. The highest BCUT2D eigenvalue weighted by Gasteiger charge is 2.36. The molecule has 7 atom stereocenters. The van der Waals surface area contributed by atoms with Gasteiger partial charge in [-0.2, -0.15) is 0 Å². The molecule has 0 saturated carbocycles. The van der Waals surface area contributed by atoms with E-state index >= 15 is 0 Å². The van der Waals surface area contributed by atoms with Crippen molar-refractivity contribution in [3.05, 3.63) is 90.1 Å². The highest BCUT2D eigenvalue weighted by atomic mass is 16.2. The summed E-state index contributed by atoms with van der Waals surface area (Å²) >= 11 is 0. The van der Waals surface area contributed by atoms with Crippen LogP contribution in [0.2, 0.25) is 0 Å². The monoisotopic (exact) mass is 981 g/mol. The molecule has 0 bridgehead atoms. The zero-order valence-corrected chi connectivity index (χ0v) is 39.5. The predicted molar refractivity (Wildman–Crippen MR) is 259 cm³/mol. The summed E-state index contributed by atoms with van der Waals surface area (Å²) in [5.41, 5.74) is 13.3. The van der Waals surface area contributed by atoms with Crippen LogP contribution in [0.5, 0.6) is 0 Å². The number of benzene rings is 2. The topological polar surface area (TPSA) is 382 Å². The van der Waals surface area contributed by atoms with E-state index in [2.05, 4.69) is 62.8 Å². The first kappa shape index (κ1) is 53.6. The average Bonchev–Trinajstić information content (AvgIpc) is 4.02. The molecule has 24 nitrogen and oxygen atoms in total. The number of nitrogens with one attached hydrogen (secondary N) is 12. The van der Waals surface area contributed by atoms with Gasteiger partial charge in [-0.3, -0.25) is 48.6 Å². The number of H-pyrrole nitrogens is 2. The van der Waals surface area contributed by atoms with Crippen LogP contribution in [0, 0.1) is 5.41 Å². The van der Waals surface area contributed by atoms with Crippen molar-refractivity contribution in [2.24, 2.45) is 11.5 Å². The van der Waals surface area contributed by atoms with Crippen LogP contribution >= 0.6 is 0 Å². The van der Waals surface area contributed by atoms with Crippen LogP contribution < -0.4 is 59.3 Å². The quantitative estimate of drug-likeness (QED) is 0.0302. The molecule has 0 aliphatic carbocycles. The van der Waals surface area contributed by atoms with Gasteiger partial charge in [0.1, 0.15) is 42.3 Å². The van der Waals surface area contributed by atoms with Crippen molar-refractivity contribution in [2.45, 2.75) is 114 Å². The van der Waals surface area contributed by atoms with Gasteiger partial charge in [-0.25, -0.2) is 4.98 Å². The maximum absolute atomic E-state index is 14.5. The van der Waals surface area contributed by atoms with Crippen LogP contribution in [0.25, 0.3) is 10.9 Å². The third-order valence-electron chi connectivity index (χ3n) is 11.6. The van der Waals surface area contributed by atoms with Crippen molar-refractivity contribution in [1.29, 1.82) is 5.41 Å². The number of nitrogens with zero attached hydrogens (tertiary/aromatic N) is 1. The van der Waals surface area contributed by atoms with Gasteiger partial charge in [-0.1, -0.05) is 68.3 Å². The van der Waals surface area contributed by atoms with Gasteiger partial charge in [0.05, 0.1) is 12.0 Å². The number of unbranched alkanes of at least 4 members (excludes halogenated alkanes) is 1. The number of para-hydroxylation sites is 1. The number of hydrogen-bond acceptors (Lipinski definition) is 11. The minimum atomic E-state index is -1.60. The molecule has 380 valence electrons. The molecule has 16 N–H and O–H groups in total. The number of hydrogen-bond donors (Lipinski definition) is 14. The second kappa shape index (κ2) is 26.4. The van der Waals surface area contributed by atoms with Crippen molar-refractivity contribution in [3.8, 4) is 0 Å². The summed E-state index contributed by atoms with van der Waals surface area (Å²) in [4.78, 5) is 134. The molecule has 1 aliphatic heterocycles. The maximum atomic E-state index is 14.5. The number of imidazole rings is 1. The number of carbonyl (C=O) groups excluding carboxylic acids is 9. The lowest BCUT2D eigenvalue weighted by molar-refractivity contribution is -0.136. The van der Waals surface area contributed by atoms with Gasteiger partial charge in [0.25, 0.3) is 0 Å². The van der Waals surface area contributed by atoms with Crippen LogP contribution in [-0.2, 0) is 56.0 Å². The summed E-state index contributed by atoms with van der Waals surface area (Å²) in [6.45, 7) is 2.67. The van der Waals surface area contributed by atoms with Gasteiger partial charge >= 0.3 is 0 Å². The lowest BCUT2D eigenvalue weighted by Gasteiger charge is -2.28. The average molecular weight is 982 g/mol. The van der Waals surface area contributed by atoms with Crippen LogP contribution in [-0.4, -0.2) is 123 Å². The number of amides is 9. The summed E-state index contributed by atoms with van der Waals surface area (Å²) < 4.78 is 0. The molecule has 2 aromatic carbocycles. The number of rotatable bonds is 18. The first-order chi connectivity index (χ1) is 34.0. The number of carbonyl (C=O) groups is 9. The molecule has 0 spiro atoms. The number of fused-ring (bicyclic) bond motifs is 1. The van der Waals surface area contributed by atoms with E-state index in [4.69, 9.17) is 16.9 Å². The van der Waals surface area contributed by atoms with E-state index in [9.17, 15) is 43.2 Å². The molecule has 0 radical (unpaired) electrons. The molecule has 3 heterocycles. The highest BCUT2D eigenvalue weighted by molar-refractivity contribution is 5.98. The van der Waals surface area contributed by atoms with Crippen LogP contribution in [0.3, 0.4) is 0 Å². The van der Waals surface area contributed by atoms with Crippen molar-refractivity contribution in [1.82, 2.24) is 62.8 Å². The standard InChI is InChI=1S/C47H63N15O9/c1-3-4-14-32(56-26(2)63)41(66)57-34-17-18-38(64)54-24-37(45(70)59-35(40(48)65)20-28-22-53-31-15-9-8-13-30(28)31)61-42(67)33(16-10-19-52-47(49)50)58-46(71)39(27-11-6-5-7-12-27)62-44(69)36(60-43(34)68)21-29-23-51-25-55-29/h5-9,11-13,15,22-23,25,32-37,39,53H,3-4,10,14,16-21,24H2,1-2H3,(H2,48,65)(H,51,55)(H,54,64)(H,56,63)(H,57,66)(H,58,71)(H,59,70)(H,60,68)(H,61,67)(H,62,69)(H4,49,50,52)/t32-,33-,34-,35-,36-,37-,39?/m0/s1. The van der Waals surface area contributed by atoms with Gasteiger partial charge in [0, 0.05) is 62.6 Å². The number of guanidine groups is 1. The number of aromatic amines is 2. The van der Waals surface area contributed by atoms with E-state index in [0.29, 0.717) is 24.1 Å². The Bertz CT molecular complexity index is 2520. The fourth-order valence-corrected chi connectivity index (χ4v) is 7.88. The molecule has 24 heteroatoms. The third-order valence-corrected chi connectivity index (χ3v) is 11.6. The molecule has 2 aromatic heterocycles. The predicted octanol–water partition coefficient (Wildman–Crippen LogP) is -1.69. The van der Waals surface area contributed by atoms with Gasteiger partial charge in [-0.15, -0.1) is 0 Å². The fraction of sp³-hybridized carbons (Fsp3) is 0.426. The first-order valence-electron chi connectivity index (χ1n) is 23.3. The summed E-state index contributed by atoms with van der Waals surface area (Å²) in [6, 6.07) is 5.57. The summed E-state index contributed by atoms with van der Waals surface area (Å²) in [5.74, 6) is -7.67. The molecule has 1 fully saturated rings. The molecular weight excluding hydrogens is 919 g/mol. The maximum Gasteiger partial charge on any atom is 0.247 e. The van der Waals surface area contributed by atoms with E-state index in [0.717, 1.165) is 10.9 Å². The minimum Gasteiger partial charge on any atom is -0.370 e. The molecule has 1 aliphatic rings.